The fraction of sp³-hybridized carbons (Fsp3) is 0.200. The maximum absolute atomic E-state index is 13.2. The molecule has 1 N–H and O–H groups in total. The van der Waals surface area contributed by atoms with E-state index in [4.69, 9.17) is 11.6 Å². The van der Waals surface area contributed by atoms with Crippen molar-refractivity contribution in [3.05, 3.63) is 83.0 Å². The molecule has 0 fully saturated rings. The van der Waals surface area contributed by atoms with E-state index in [0.717, 1.165) is 16.8 Å². The average molecular weight is 378 g/mol. The monoisotopic (exact) mass is 377 g/mol. The standard InChI is InChI=1S/C20H16ClN5O/c21-15-5-3-12(4-6-15)14-8-16-18(17(27)9-14)19(13-2-1-7-22-10-13)26-20(25-16)23-11-24-26/h1-8,10-11,14,18-19H,9H2,(H,23,24,25)/t14-,18-,19-/m1/s1. The maximum Gasteiger partial charge on any atom is 0.226 e. The second-order valence-electron chi connectivity index (χ2n) is 6.81. The second-order valence-corrected chi connectivity index (χ2v) is 7.25. The molecular weight excluding hydrogens is 362 g/mol. The van der Waals surface area contributed by atoms with Crippen LogP contribution in [0.25, 0.3) is 0 Å². The Labute approximate surface area is 160 Å². The lowest BCUT2D eigenvalue weighted by Gasteiger charge is -2.37. The lowest BCUT2D eigenvalue weighted by Crippen LogP contribution is -2.40. The van der Waals surface area contributed by atoms with Crippen molar-refractivity contribution in [3.63, 3.8) is 0 Å². The van der Waals surface area contributed by atoms with Gasteiger partial charge in [-0.25, -0.2) is 4.68 Å². The van der Waals surface area contributed by atoms with E-state index < -0.39 is 0 Å². The Morgan fingerprint density at radius 2 is 2.00 bits per heavy atom. The molecule has 2 aliphatic rings. The number of fused-ring (bicyclic) bond motifs is 2. The van der Waals surface area contributed by atoms with Crippen molar-refractivity contribution in [2.75, 3.05) is 5.32 Å². The molecular formula is C20H16ClN5O. The zero-order chi connectivity index (χ0) is 18.4. The van der Waals surface area contributed by atoms with Crippen LogP contribution in [-0.4, -0.2) is 25.5 Å². The van der Waals surface area contributed by atoms with Gasteiger partial charge in [0.25, 0.3) is 0 Å². The lowest BCUT2D eigenvalue weighted by molar-refractivity contribution is -0.123. The normalized spacial score (nSPS) is 23.8. The van der Waals surface area contributed by atoms with Gasteiger partial charge in [-0.15, -0.1) is 0 Å². The van der Waals surface area contributed by atoms with Gasteiger partial charge in [-0.3, -0.25) is 9.78 Å². The first-order valence-corrected chi connectivity index (χ1v) is 9.15. The predicted molar refractivity (Wildman–Crippen MR) is 101 cm³/mol. The van der Waals surface area contributed by atoms with Crippen LogP contribution in [-0.2, 0) is 4.79 Å². The third-order valence-corrected chi connectivity index (χ3v) is 5.47. The van der Waals surface area contributed by atoms with Crippen LogP contribution < -0.4 is 5.32 Å². The van der Waals surface area contributed by atoms with Gasteiger partial charge < -0.3 is 5.32 Å². The quantitative estimate of drug-likeness (QED) is 0.738. The number of ketones is 1. The molecule has 134 valence electrons. The van der Waals surface area contributed by atoms with E-state index >= 15 is 0 Å². The summed E-state index contributed by atoms with van der Waals surface area (Å²) >= 11 is 6.00. The summed E-state index contributed by atoms with van der Waals surface area (Å²) in [5, 5.41) is 8.34. The van der Waals surface area contributed by atoms with Crippen molar-refractivity contribution in [1.82, 2.24) is 19.7 Å². The number of pyridine rings is 1. The summed E-state index contributed by atoms with van der Waals surface area (Å²) in [5.41, 5.74) is 2.89. The number of rotatable bonds is 2. The minimum atomic E-state index is -0.327. The van der Waals surface area contributed by atoms with Crippen LogP contribution in [0, 0.1) is 5.92 Å². The number of aromatic nitrogens is 4. The van der Waals surface area contributed by atoms with Crippen molar-refractivity contribution in [3.8, 4) is 0 Å². The number of hydrogen-bond donors (Lipinski definition) is 1. The Kier molecular flexibility index (Phi) is 3.79. The third-order valence-electron chi connectivity index (χ3n) is 5.22. The van der Waals surface area contributed by atoms with Crippen LogP contribution >= 0.6 is 11.6 Å². The van der Waals surface area contributed by atoms with E-state index in [1.807, 2.05) is 36.4 Å². The van der Waals surface area contributed by atoms with Crippen LogP contribution in [0.2, 0.25) is 5.02 Å². The molecule has 1 aliphatic heterocycles. The molecule has 0 spiro atoms. The minimum absolute atomic E-state index is 0.0116. The number of nitrogens with zero attached hydrogens (tertiary/aromatic N) is 4. The smallest absolute Gasteiger partial charge is 0.226 e. The molecule has 5 rings (SSSR count). The summed E-state index contributed by atoms with van der Waals surface area (Å²) in [5.74, 6) is 0.496. The molecule has 7 heteroatoms. The molecule has 1 aromatic carbocycles. The molecule has 0 saturated heterocycles. The van der Waals surface area contributed by atoms with Crippen LogP contribution in [0.1, 0.15) is 29.5 Å². The van der Waals surface area contributed by atoms with Gasteiger partial charge in [-0.05, 0) is 29.3 Å². The molecule has 3 atom stereocenters. The molecule has 2 aromatic heterocycles. The molecule has 6 nitrogen and oxygen atoms in total. The SMILES string of the molecule is O=C1C[C@H](c2ccc(Cl)cc2)C=C2Nc3ncnn3[C@H](c3cccnc3)[C@@H]12. The van der Waals surface area contributed by atoms with E-state index in [0.29, 0.717) is 17.4 Å². The number of carbonyl (C=O) groups excluding carboxylic acids is 1. The van der Waals surface area contributed by atoms with Gasteiger partial charge in [0.05, 0.1) is 12.0 Å². The average Bonchev–Trinajstić information content (AvgIpc) is 3.15. The number of benzene rings is 1. The summed E-state index contributed by atoms with van der Waals surface area (Å²) < 4.78 is 1.78. The first-order valence-electron chi connectivity index (χ1n) is 8.77. The fourth-order valence-corrected chi connectivity index (χ4v) is 4.11. The zero-order valence-corrected chi connectivity index (χ0v) is 15.0. The fourth-order valence-electron chi connectivity index (χ4n) is 3.98. The molecule has 0 saturated carbocycles. The van der Waals surface area contributed by atoms with Gasteiger partial charge in [-0.1, -0.05) is 35.9 Å². The molecule has 3 heterocycles. The topological polar surface area (TPSA) is 72.7 Å². The van der Waals surface area contributed by atoms with E-state index in [1.165, 1.54) is 6.33 Å². The Balaban J connectivity index is 1.60. The highest BCUT2D eigenvalue weighted by Gasteiger charge is 2.43. The van der Waals surface area contributed by atoms with Crippen molar-refractivity contribution < 1.29 is 4.79 Å². The van der Waals surface area contributed by atoms with E-state index in [9.17, 15) is 4.79 Å². The summed E-state index contributed by atoms with van der Waals surface area (Å²) in [6.45, 7) is 0. The van der Waals surface area contributed by atoms with Crippen molar-refractivity contribution >= 4 is 23.3 Å². The number of carbonyl (C=O) groups is 1. The number of Topliss-reactive ketones (excluding diaryl/α,β-unsaturated/α-hetero) is 1. The number of halogens is 1. The Morgan fingerprint density at radius 1 is 1.15 bits per heavy atom. The van der Waals surface area contributed by atoms with E-state index in [-0.39, 0.29) is 23.7 Å². The molecule has 0 unspecified atom stereocenters. The first kappa shape index (κ1) is 16.2. The maximum atomic E-state index is 13.2. The van der Waals surface area contributed by atoms with Crippen molar-refractivity contribution in [2.45, 2.75) is 18.4 Å². The number of nitrogens with one attached hydrogen (secondary N) is 1. The third kappa shape index (κ3) is 2.73. The van der Waals surface area contributed by atoms with Crippen LogP contribution in [0.3, 0.4) is 0 Å². The second kappa shape index (κ2) is 6.32. The van der Waals surface area contributed by atoms with Gasteiger partial charge in [0.15, 0.2) is 0 Å². The zero-order valence-electron chi connectivity index (χ0n) is 14.3. The van der Waals surface area contributed by atoms with Crippen molar-refractivity contribution in [2.24, 2.45) is 5.92 Å². The Morgan fingerprint density at radius 3 is 2.78 bits per heavy atom. The molecule has 27 heavy (non-hydrogen) atoms. The highest BCUT2D eigenvalue weighted by molar-refractivity contribution is 6.30. The van der Waals surface area contributed by atoms with Gasteiger partial charge in [0.2, 0.25) is 5.95 Å². The highest BCUT2D eigenvalue weighted by Crippen LogP contribution is 2.43. The molecule has 1 aliphatic carbocycles. The Bertz CT molecular complexity index is 1030. The largest absolute Gasteiger partial charge is 0.328 e. The van der Waals surface area contributed by atoms with Gasteiger partial charge in [0.1, 0.15) is 12.1 Å². The molecule has 3 aromatic rings. The number of allylic oxidation sites excluding steroid dienone is 2. The van der Waals surface area contributed by atoms with Crippen LogP contribution in [0.5, 0.6) is 0 Å². The van der Waals surface area contributed by atoms with Crippen LogP contribution in [0.15, 0.2) is 66.9 Å². The van der Waals surface area contributed by atoms with E-state index in [2.05, 4.69) is 26.5 Å². The van der Waals surface area contributed by atoms with Crippen molar-refractivity contribution in [1.29, 1.82) is 0 Å². The summed E-state index contributed by atoms with van der Waals surface area (Å²) in [6.07, 6.45) is 7.60. The summed E-state index contributed by atoms with van der Waals surface area (Å²) in [4.78, 5) is 21.7. The summed E-state index contributed by atoms with van der Waals surface area (Å²) in [7, 11) is 0. The summed E-state index contributed by atoms with van der Waals surface area (Å²) in [6, 6.07) is 11.3. The van der Waals surface area contributed by atoms with E-state index in [1.54, 1.807) is 17.1 Å². The lowest BCUT2D eigenvalue weighted by atomic mass is 9.76. The first-order chi connectivity index (χ1) is 13.2. The highest BCUT2D eigenvalue weighted by atomic mass is 35.5. The van der Waals surface area contributed by atoms with Gasteiger partial charge in [0, 0.05) is 35.5 Å². The van der Waals surface area contributed by atoms with Crippen LogP contribution in [0.4, 0.5) is 5.95 Å². The minimum Gasteiger partial charge on any atom is -0.328 e. The van der Waals surface area contributed by atoms with Gasteiger partial charge >= 0.3 is 0 Å². The molecule has 0 amide bonds. The molecule has 0 bridgehead atoms. The Hall–Kier alpha value is -2.99. The number of anilines is 1. The molecule has 0 radical (unpaired) electrons. The predicted octanol–water partition coefficient (Wildman–Crippen LogP) is 3.60. The number of hydrogen-bond acceptors (Lipinski definition) is 5. The van der Waals surface area contributed by atoms with Gasteiger partial charge in [-0.2, -0.15) is 10.1 Å².